The Bertz CT molecular complexity index is 1310. The van der Waals surface area contributed by atoms with Gasteiger partial charge in [0.15, 0.2) is 5.65 Å². The average Bonchev–Trinajstić information content (AvgIpc) is 3.35. The summed E-state index contributed by atoms with van der Waals surface area (Å²) in [5.74, 6) is 0.704. The highest BCUT2D eigenvalue weighted by Crippen LogP contribution is 2.30. The molecule has 0 spiro atoms. The molecule has 3 heterocycles. The molecule has 0 saturated heterocycles. The molecule has 3 aromatic heterocycles. The van der Waals surface area contributed by atoms with E-state index < -0.39 is 0 Å². The summed E-state index contributed by atoms with van der Waals surface area (Å²) in [6, 6.07) is 9.54. The van der Waals surface area contributed by atoms with Gasteiger partial charge in [-0.15, -0.1) is 0 Å². The van der Waals surface area contributed by atoms with Gasteiger partial charge in [0, 0.05) is 12.0 Å². The van der Waals surface area contributed by atoms with E-state index in [2.05, 4.69) is 25.5 Å². The lowest BCUT2D eigenvalue weighted by Gasteiger charge is -2.09. The number of hydrogen-bond acceptors (Lipinski definition) is 5. The predicted octanol–water partition coefficient (Wildman–Crippen LogP) is 2.26. The van der Waals surface area contributed by atoms with Crippen molar-refractivity contribution in [2.75, 3.05) is 5.32 Å². The van der Waals surface area contributed by atoms with Crippen molar-refractivity contribution < 1.29 is 4.79 Å². The molecule has 0 unspecified atom stereocenters. The second kappa shape index (κ2) is 6.40. The molecule has 1 saturated carbocycles. The molecule has 4 aromatic rings. The summed E-state index contributed by atoms with van der Waals surface area (Å²) in [5, 5.41) is 12.0. The van der Waals surface area contributed by atoms with Gasteiger partial charge in [-0.05, 0) is 44.4 Å². The SMILES string of the molecule is Cc1cccc(-n2ncc3c(=O)[nH]c(-n4nc(C)cc4NC(=O)C4CC4)nc32)c1. The molecule has 1 aliphatic rings. The summed E-state index contributed by atoms with van der Waals surface area (Å²) in [7, 11) is 0. The molecule has 1 aliphatic carbocycles. The molecule has 0 radical (unpaired) electrons. The van der Waals surface area contributed by atoms with Crippen molar-refractivity contribution in [1.82, 2.24) is 29.5 Å². The zero-order chi connectivity index (χ0) is 20.1. The number of aryl methyl sites for hydroxylation is 2. The minimum Gasteiger partial charge on any atom is -0.310 e. The minimum atomic E-state index is -0.323. The molecule has 0 aliphatic heterocycles. The molecule has 0 atom stereocenters. The van der Waals surface area contributed by atoms with Crippen LogP contribution >= 0.6 is 0 Å². The standard InChI is InChI=1S/C20H19N7O2/c1-11-4-3-5-14(8-11)26-17-15(10-21-26)19(29)24-20(23-17)27-16(9-12(2)25-27)22-18(28)13-6-7-13/h3-5,8-10,13H,6-7H2,1-2H3,(H,22,28)(H,23,24,29). The number of H-pyrrole nitrogens is 1. The van der Waals surface area contributed by atoms with Crippen LogP contribution in [0.2, 0.25) is 0 Å². The Morgan fingerprint density at radius 3 is 2.79 bits per heavy atom. The summed E-state index contributed by atoms with van der Waals surface area (Å²) in [4.78, 5) is 32.2. The van der Waals surface area contributed by atoms with Gasteiger partial charge in [0.25, 0.3) is 5.56 Å². The van der Waals surface area contributed by atoms with Gasteiger partial charge in [0.1, 0.15) is 11.2 Å². The molecule has 1 fully saturated rings. The number of aromatic nitrogens is 6. The van der Waals surface area contributed by atoms with Crippen LogP contribution in [0.5, 0.6) is 0 Å². The Balaban J connectivity index is 1.64. The quantitative estimate of drug-likeness (QED) is 0.556. The monoisotopic (exact) mass is 389 g/mol. The summed E-state index contributed by atoms with van der Waals surface area (Å²) >= 11 is 0. The lowest BCUT2D eigenvalue weighted by atomic mass is 10.2. The summed E-state index contributed by atoms with van der Waals surface area (Å²) in [6.45, 7) is 3.80. The van der Waals surface area contributed by atoms with Crippen molar-refractivity contribution in [1.29, 1.82) is 0 Å². The fraction of sp³-hybridized carbons (Fsp3) is 0.250. The van der Waals surface area contributed by atoms with Crippen LogP contribution in [0.1, 0.15) is 24.1 Å². The Morgan fingerprint density at radius 2 is 2.03 bits per heavy atom. The number of nitrogens with zero attached hydrogens (tertiary/aromatic N) is 5. The summed E-state index contributed by atoms with van der Waals surface area (Å²) in [5.41, 5.74) is 2.68. The van der Waals surface area contributed by atoms with E-state index in [1.165, 1.54) is 10.9 Å². The molecular weight excluding hydrogens is 370 g/mol. The van der Waals surface area contributed by atoms with E-state index >= 15 is 0 Å². The van der Waals surface area contributed by atoms with Crippen LogP contribution in [0.25, 0.3) is 22.7 Å². The Hall–Kier alpha value is -3.75. The van der Waals surface area contributed by atoms with Gasteiger partial charge in [0.05, 0.1) is 17.6 Å². The third-order valence-electron chi connectivity index (χ3n) is 4.90. The molecular formula is C20H19N7O2. The number of hydrogen-bond donors (Lipinski definition) is 2. The first kappa shape index (κ1) is 17.4. The van der Waals surface area contributed by atoms with Crippen LogP contribution in [0, 0.1) is 19.8 Å². The second-order valence-corrected chi connectivity index (χ2v) is 7.37. The number of aromatic amines is 1. The number of benzene rings is 1. The fourth-order valence-corrected chi connectivity index (χ4v) is 3.28. The van der Waals surface area contributed by atoms with E-state index in [0.717, 1.165) is 24.1 Å². The molecule has 146 valence electrons. The number of nitrogens with one attached hydrogen (secondary N) is 2. The smallest absolute Gasteiger partial charge is 0.263 e. The van der Waals surface area contributed by atoms with Crippen LogP contribution < -0.4 is 10.9 Å². The molecule has 2 N–H and O–H groups in total. The van der Waals surface area contributed by atoms with Crippen LogP contribution in [-0.4, -0.2) is 35.4 Å². The Labute approximate surface area is 165 Å². The third-order valence-corrected chi connectivity index (χ3v) is 4.90. The zero-order valence-electron chi connectivity index (χ0n) is 16.0. The second-order valence-electron chi connectivity index (χ2n) is 7.37. The van der Waals surface area contributed by atoms with Gasteiger partial charge in [-0.2, -0.15) is 19.9 Å². The van der Waals surface area contributed by atoms with Gasteiger partial charge < -0.3 is 5.32 Å². The van der Waals surface area contributed by atoms with Gasteiger partial charge in [-0.3, -0.25) is 14.6 Å². The van der Waals surface area contributed by atoms with E-state index in [9.17, 15) is 9.59 Å². The van der Waals surface area contributed by atoms with E-state index in [4.69, 9.17) is 0 Å². The number of fused-ring (bicyclic) bond motifs is 1. The lowest BCUT2D eigenvalue weighted by molar-refractivity contribution is -0.117. The van der Waals surface area contributed by atoms with Crippen LogP contribution in [0.3, 0.4) is 0 Å². The van der Waals surface area contributed by atoms with Crippen molar-refractivity contribution in [3.8, 4) is 11.6 Å². The topological polar surface area (TPSA) is 110 Å². The molecule has 9 heteroatoms. The fourth-order valence-electron chi connectivity index (χ4n) is 3.28. The van der Waals surface area contributed by atoms with E-state index in [0.29, 0.717) is 22.5 Å². The highest BCUT2D eigenvalue weighted by Gasteiger charge is 2.30. The van der Waals surface area contributed by atoms with Gasteiger partial charge in [-0.1, -0.05) is 12.1 Å². The summed E-state index contributed by atoms with van der Waals surface area (Å²) < 4.78 is 3.07. The number of rotatable bonds is 4. The van der Waals surface area contributed by atoms with Crippen LogP contribution in [0.4, 0.5) is 5.82 Å². The van der Waals surface area contributed by atoms with Crippen LogP contribution in [0.15, 0.2) is 41.3 Å². The highest BCUT2D eigenvalue weighted by molar-refractivity contribution is 5.93. The first-order valence-corrected chi connectivity index (χ1v) is 9.42. The highest BCUT2D eigenvalue weighted by atomic mass is 16.2. The number of amides is 1. The largest absolute Gasteiger partial charge is 0.310 e. The maximum absolute atomic E-state index is 12.7. The van der Waals surface area contributed by atoms with Gasteiger partial charge >= 0.3 is 0 Å². The molecule has 1 amide bonds. The van der Waals surface area contributed by atoms with E-state index in [-0.39, 0.29) is 23.3 Å². The number of carbonyl (C=O) groups is 1. The van der Waals surface area contributed by atoms with Gasteiger partial charge in [0.2, 0.25) is 11.9 Å². The molecule has 5 rings (SSSR count). The summed E-state index contributed by atoms with van der Waals surface area (Å²) in [6.07, 6.45) is 3.29. The molecule has 29 heavy (non-hydrogen) atoms. The van der Waals surface area contributed by atoms with Crippen molar-refractivity contribution >= 4 is 22.8 Å². The van der Waals surface area contributed by atoms with Crippen molar-refractivity contribution in [2.24, 2.45) is 5.92 Å². The van der Waals surface area contributed by atoms with Gasteiger partial charge in [-0.25, -0.2) is 4.68 Å². The van der Waals surface area contributed by atoms with Crippen LogP contribution in [-0.2, 0) is 4.79 Å². The predicted molar refractivity (Wildman–Crippen MR) is 107 cm³/mol. The zero-order valence-corrected chi connectivity index (χ0v) is 16.0. The van der Waals surface area contributed by atoms with Crippen molar-refractivity contribution in [2.45, 2.75) is 26.7 Å². The van der Waals surface area contributed by atoms with E-state index in [1.807, 2.05) is 38.1 Å². The first-order chi connectivity index (χ1) is 14.0. The average molecular weight is 389 g/mol. The molecule has 1 aromatic carbocycles. The third kappa shape index (κ3) is 3.10. The normalized spacial score (nSPS) is 13.7. The maximum atomic E-state index is 12.7. The Kier molecular flexibility index (Phi) is 3.83. The molecule has 0 bridgehead atoms. The maximum Gasteiger partial charge on any atom is 0.263 e. The van der Waals surface area contributed by atoms with Crippen molar-refractivity contribution in [3.05, 3.63) is 58.1 Å². The first-order valence-electron chi connectivity index (χ1n) is 9.42. The van der Waals surface area contributed by atoms with E-state index in [1.54, 1.807) is 10.7 Å². The minimum absolute atomic E-state index is 0.0422. The van der Waals surface area contributed by atoms with Crippen molar-refractivity contribution in [3.63, 3.8) is 0 Å². The Morgan fingerprint density at radius 1 is 1.21 bits per heavy atom. The lowest BCUT2D eigenvalue weighted by Crippen LogP contribution is -2.19. The number of anilines is 1. The molecule has 9 nitrogen and oxygen atoms in total. The number of carbonyl (C=O) groups excluding carboxylic acids is 1.